The van der Waals surface area contributed by atoms with Crippen LogP contribution < -0.4 is 4.72 Å². The molecule has 1 unspecified atom stereocenters. The van der Waals surface area contributed by atoms with Crippen LogP contribution in [0, 0.1) is 0 Å². The lowest BCUT2D eigenvalue weighted by Gasteiger charge is -2.21. The molecule has 0 radical (unpaired) electrons. The highest BCUT2D eigenvalue weighted by atomic mass is 27.2. The van der Waals surface area contributed by atoms with Crippen molar-refractivity contribution in [1.29, 1.82) is 0 Å². The standard InChI is InChI=1S/C5H10O.Al.H2N/c1-3-4-5(2)6;;/h5H,1,3-4H2,2H3;;1H2/q-1;+2;-1. The molecule has 0 spiro atoms. The molecule has 0 aromatic carbocycles. The summed E-state index contributed by atoms with van der Waals surface area (Å²) < 4.78 is 11.0. The van der Waals surface area contributed by atoms with E-state index in [0.29, 0.717) is 6.10 Å². The van der Waals surface area contributed by atoms with Crippen molar-refractivity contribution in [3.05, 3.63) is 0 Å². The van der Waals surface area contributed by atoms with E-state index in [2.05, 4.69) is 6.92 Å². The van der Waals surface area contributed by atoms with Gasteiger partial charge in [-0.2, -0.15) is 0 Å². The van der Waals surface area contributed by atoms with Crippen molar-refractivity contribution < 1.29 is 3.79 Å². The van der Waals surface area contributed by atoms with Gasteiger partial charge in [0.2, 0.25) is 0 Å². The third-order valence-corrected chi connectivity index (χ3v) is 3.30. The molecular formula is C5H12AlNO. The van der Waals surface area contributed by atoms with E-state index < -0.39 is 14.7 Å². The van der Waals surface area contributed by atoms with Gasteiger partial charge in [0.15, 0.2) is 0 Å². The normalized spacial score (nSPS) is 30.8. The van der Waals surface area contributed by atoms with Gasteiger partial charge in [-0.05, 0) is 13.3 Å². The predicted molar refractivity (Wildman–Crippen MR) is 34.5 cm³/mol. The van der Waals surface area contributed by atoms with Crippen molar-refractivity contribution in [3.8, 4) is 0 Å². The summed E-state index contributed by atoms with van der Waals surface area (Å²) in [6.45, 7) is 2.10. The molecule has 3 heteroatoms. The second kappa shape index (κ2) is 2.84. The first-order valence-corrected chi connectivity index (χ1v) is 5.15. The summed E-state index contributed by atoms with van der Waals surface area (Å²) in [5, 5.41) is 1.17. The van der Waals surface area contributed by atoms with Crippen molar-refractivity contribution in [3.63, 3.8) is 0 Å². The highest BCUT2D eigenvalue weighted by molar-refractivity contribution is 6.48. The van der Waals surface area contributed by atoms with Crippen LogP contribution in [0.1, 0.15) is 19.8 Å². The smallest absolute Gasteiger partial charge is 0.486 e. The molecule has 1 aliphatic rings. The quantitative estimate of drug-likeness (QED) is 0.487. The summed E-state index contributed by atoms with van der Waals surface area (Å²) in [5.41, 5.74) is 0. The van der Waals surface area contributed by atoms with E-state index in [1.54, 1.807) is 0 Å². The van der Waals surface area contributed by atoms with Crippen molar-refractivity contribution in [2.45, 2.75) is 31.2 Å². The maximum absolute atomic E-state index is 5.64. The van der Waals surface area contributed by atoms with Crippen LogP contribution in [-0.4, -0.2) is 20.8 Å². The maximum Gasteiger partial charge on any atom is 0.574 e. The average molecular weight is 129 g/mol. The molecule has 1 aliphatic heterocycles. The van der Waals surface area contributed by atoms with Crippen LogP contribution >= 0.6 is 0 Å². The molecule has 0 aromatic rings. The lowest BCUT2D eigenvalue weighted by Crippen LogP contribution is -2.36. The van der Waals surface area contributed by atoms with E-state index in [1.165, 1.54) is 18.1 Å². The molecule has 0 aromatic heterocycles. The van der Waals surface area contributed by atoms with Gasteiger partial charge in [0.05, 0.1) is 0 Å². The Balaban J connectivity index is 2.23. The predicted octanol–water partition coefficient (Wildman–Crippen LogP) is 0.632. The van der Waals surface area contributed by atoms with Gasteiger partial charge >= 0.3 is 14.7 Å². The first-order valence-electron chi connectivity index (χ1n) is 3.20. The molecule has 0 amide bonds. The first kappa shape index (κ1) is 6.57. The molecule has 0 saturated carbocycles. The van der Waals surface area contributed by atoms with Gasteiger partial charge in [0.1, 0.15) is 0 Å². The van der Waals surface area contributed by atoms with Gasteiger partial charge in [-0.15, -0.1) is 0 Å². The number of hydrogen-bond acceptors (Lipinski definition) is 2. The Kier molecular flexibility index (Phi) is 2.33. The minimum atomic E-state index is -1.15. The van der Waals surface area contributed by atoms with Gasteiger partial charge in [0.25, 0.3) is 0 Å². The fourth-order valence-electron chi connectivity index (χ4n) is 1.04. The van der Waals surface area contributed by atoms with E-state index in [0.717, 1.165) is 0 Å². The Morgan fingerprint density at radius 3 is 2.88 bits per heavy atom. The van der Waals surface area contributed by atoms with Crippen molar-refractivity contribution in [2.24, 2.45) is 4.72 Å². The molecule has 1 rings (SSSR count). The number of rotatable bonds is 0. The van der Waals surface area contributed by atoms with Crippen LogP contribution in [0.3, 0.4) is 0 Å². The maximum atomic E-state index is 5.64. The minimum absolute atomic E-state index is 0.449. The van der Waals surface area contributed by atoms with E-state index in [9.17, 15) is 0 Å². The largest absolute Gasteiger partial charge is 0.574 e. The first-order chi connectivity index (χ1) is 3.79. The minimum Gasteiger partial charge on any atom is -0.486 e. The fourth-order valence-corrected chi connectivity index (χ4v) is 2.55. The summed E-state index contributed by atoms with van der Waals surface area (Å²) in [6.07, 6.45) is 2.94. The zero-order valence-electron chi connectivity index (χ0n) is 5.26. The Morgan fingerprint density at radius 2 is 2.50 bits per heavy atom. The average Bonchev–Trinajstić information content (AvgIpc) is 1.64. The summed E-state index contributed by atoms with van der Waals surface area (Å²) in [7, 11) is 0. The summed E-state index contributed by atoms with van der Waals surface area (Å²) in [4.78, 5) is 0. The molecule has 1 saturated heterocycles. The Morgan fingerprint density at radius 1 is 1.75 bits per heavy atom. The van der Waals surface area contributed by atoms with Crippen molar-refractivity contribution in [2.75, 3.05) is 0 Å². The third-order valence-electron chi connectivity index (χ3n) is 1.51. The van der Waals surface area contributed by atoms with Crippen LogP contribution in [0.25, 0.3) is 0 Å². The second-order valence-electron chi connectivity index (χ2n) is 2.42. The highest BCUT2D eigenvalue weighted by Crippen LogP contribution is 2.13. The molecular weight excluding hydrogens is 117 g/mol. The number of hydrogen-bond donors (Lipinski definition) is 1. The molecule has 1 heterocycles. The lowest BCUT2D eigenvalue weighted by atomic mass is 10.2. The van der Waals surface area contributed by atoms with Crippen molar-refractivity contribution in [1.82, 2.24) is 0 Å². The van der Waals surface area contributed by atoms with E-state index in [-0.39, 0.29) is 0 Å². The monoisotopic (exact) mass is 129 g/mol. The molecule has 8 heavy (non-hydrogen) atoms. The highest BCUT2D eigenvalue weighted by Gasteiger charge is 2.23. The topological polar surface area (TPSA) is 35.2 Å². The van der Waals surface area contributed by atoms with Crippen molar-refractivity contribution >= 4 is 14.7 Å². The Hall–Kier alpha value is 0.452. The van der Waals surface area contributed by atoms with Crippen LogP contribution in [0.5, 0.6) is 0 Å². The van der Waals surface area contributed by atoms with Crippen LogP contribution in [0.15, 0.2) is 0 Å². The van der Waals surface area contributed by atoms with Gasteiger partial charge < -0.3 is 8.51 Å². The van der Waals surface area contributed by atoms with Gasteiger partial charge in [-0.25, -0.2) is 0 Å². The molecule has 1 fully saturated rings. The van der Waals surface area contributed by atoms with E-state index in [4.69, 9.17) is 8.51 Å². The summed E-state index contributed by atoms with van der Waals surface area (Å²) >= 11 is -1.15. The van der Waals surface area contributed by atoms with Crippen LogP contribution in [0.2, 0.25) is 5.28 Å². The number of nitrogens with two attached hydrogens (primary N) is 1. The zero-order valence-corrected chi connectivity index (χ0v) is 6.42. The van der Waals surface area contributed by atoms with Gasteiger partial charge in [-0.1, -0.05) is 11.7 Å². The van der Waals surface area contributed by atoms with Gasteiger partial charge in [-0.3, -0.25) is 0 Å². The van der Waals surface area contributed by atoms with Crippen LogP contribution in [-0.2, 0) is 3.79 Å². The summed E-state index contributed by atoms with van der Waals surface area (Å²) in [5.74, 6) is 0. The van der Waals surface area contributed by atoms with E-state index >= 15 is 0 Å². The molecule has 46 valence electrons. The molecule has 2 nitrogen and oxygen atoms in total. The molecule has 1 atom stereocenters. The lowest BCUT2D eigenvalue weighted by molar-refractivity contribution is 0.189. The molecule has 2 N–H and O–H groups in total. The molecule has 0 aliphatic carbocycles. The van der Waals surface area contributed by atoms with Crippen LogP contribution in [0.4, 0.5) is 0 Å². The second-order valence-corrected chi connectivity index (χ2v) is 4.34. The summed E-state index contributed by atoms with van der Waals surface area (Å²) in [6, 6.07) is 0. The molecule has 0 bridgehead atoms. The van der Waals surface area contributed by atoms with Gasteiger partial charge in [0, 0.05) is 6.10 Å². The Bertz CT molecular complexity index is 70.8. The SMILES string of the molecule is CC1CC[CH2][Al]([NH2])[O]1. The third kappa shape index (κ3) is 1.76. The zero-order chi connectivity index (χ0) is 5.98. The Labute approximate surface area is 55.0 Å². The fraction of sp³-hybridized carbons (Fsp3) is 1.00. The van der Waals surface area contributed by atoms with E-state index in [1.807, 2.05) is 0 Å².